The van der Waals surface area contributed by atoms with Gasteiger partial charge in [0.15, 0.2) is 0 Å². The lowest BCUT2D eigenvalue weighted by Gasteiger charge is -2.33. The molecule has 0 spiro atoms. The summed E-state index contributed by atoms with van der Waals surface area (Å²) in [6.45, 7) is 9.19. The number of nitrogens with one attached hydrogen (secondary N) is 1. The van der Waals surface area contributed by atoms with Crippen molar-refractivity contribution in [1.82, 2.24) is 15.3 Å². The van der Waals surface area contributed by atoms with Crippen molar-refractivity contribution < 1.29 is 33.5 Å². The monoisotopic (exact) mass is 413 g/mol. The van der Waals surface area contributed by atoms with Gasteiger partial charge in [0, 0.05) is 6.54 Å². The van der Waals surface area contributed by atoms with Crippen LogP contribution in [0.2, 0.25) is 0 Å². The van der Waals surface area contributed by atoms with Crippen molar-refractivity contribution in [2.24, 2.45) is 0 Å². The molecule has 2 aliphatic rings. The second-order valence-corrected chi connectivity index (χ2v) is 8.18. The molecule has 2 fully saturated rings. The fourth-order valence-corrected chi connectivity index (χ4v) is 3.37. The first kappa shape index (κ1) is 22.9. The number of likely N-dealkylation sites (tertiary alicyclic amines) is 1. The highest BCUT2D eigenvalue weighted by Gasteiger charge is 2.42. The van der Waals surface area contributed by atoms with E-state index in [0.29, 0.717) is 19.4 Å². The van der Waals surface area contributed by atoms with Gasteiger partial charge in [-0.2, -0.15) is 0 Å². The number of hydrogen-bond acceptors (Lipinski definition) is 7. The molecule has 164 valence electrons. The smallest absolute Gasteiger partial charge is 0.408 e. The highest BCUT2D eigenvalue weighted by atomic mass is 16.7. The van der Waals surface area contributed by atoms with Crippen LogP contribution in [-0.2, 0) is 28.7 Å². The molecule has 3 amide bonds. The minimum Gasteiger partial charge on any atom is -0.463 e. The molecule has 2 rings (SSSR count). The molecule has 0 radical (unpaired) electrons. The van der Waals surface area contributed by atoms with Crippen LogP contribution < -0.4 is 5.32 Å². The molecule has 2 aliphatic heterocycles. The predicted octanol–water partition coefficient (Wildman–Crippen LogP) is 0.986. The van der Waals surface area contributed by atoms with Crippen molar-refractivity contribution in [1.29, 1.82) is 0 Å². The molecule has 2 heterocycles. The number of carbonyl (C=O) groups excluding carboxylic acids is 4. The number of esters is 1. The van der Waals surface area contributed by atoms with Crippen molar-refractivity contribution in [3.05, 3.63) is 0 Å². The molecule has 0 aromatic heterocycles. The first-order chi connectivity index (χ1) is 13.5. The minimum atomic E-state index is -0.852. The topological polar surface area (TPSA) is 114 Å². The third-order valence-electron chi connectivity index (χ3n) is 4.58. The van der Waals surface area contributed by atoms with Crippen LogP contribution in [-0.4, -0.2) is 77.3 Å². The Bertz CT molecular complexity index is 646. The van der Waals surface area contributed by atoms with E-state index in [1.54, 1.807) is 34.6 Å². The Labute approximate surface area is 170 Å². The number of amides is 3. The summed E-state index contributed by atoms with van der Waals surface area (Å²) in [6.07, 6.45) is 0.497. The van der Waals surface area contributed by atoms with Gasteiger partial charge < -0.3 is 19.7 Å². The first-order valence-corrected chi connectivity index (χ1v) is 9.95. The fraction of sp³-hybridized carbons (Fsp3) is 0.789. The van der Waals surface area contributed by atoms with Crippen molar-refractivity contribution in [2.75, 3.05) is 19.8 Å². The summed E-state index contributed by atoms with van der Waals surface area (Å²) in [4.78, 5) is 56.3. The van der Waals surface area contributed by atoms with Gasteiger partial charge in [0.25, 0.3) is 5.91 Å². The third kappa shape index (κ3) is 6.06. The van der Waals surface area contributed by atoms with Gasteiger partial charge >= 0.3 is 12.1 Å². The van der Waals surface area contributed by atoms with Crippen LogP contribution >= 0.6 is 0 Å². The van der Waals surface area contributed by atoms with E-state index in [9.17, 15) is 19.2 Å². The second kappa shape index (κ2) is 9.43. The van der Waals surface area contributed by atoms with Crippen LogP contribution in [0.25, 0.3) is 0 Å². The number of carbonyl (C=O) groups is 4. The van der Waals surface area contributed by atoms with Crippen LogP contribution in [0.1, 0.15) is 53.9 Å². The van der Waals surface area contributed by atoms with Gasteiger partial charge in [-0.1, -0.05) is 0 Å². The van der Waals surface area contributed by atoms with Gasteiger partial charge in [0.05, 0.1) is 13.0 Å². The number of rotatable bonds is 6. The summed E-state index contributed by atoms with van der Waals surface area (Å²) in [7, 11) is 0. The number of alkyl carbamates (subject to hydrolysis) is 1. The van der Waals surface area contributed by atoms with Crippen molar-refractivity contribution in [3.63, 3.8) is 0 Å². The van der Waals surface area contributed by atoms with E-state index in [0.717, 1.165) is 0 Å². The summed E-state index contributed by atoms with van der Waals surface area (Å²) in [5.41, 5.74) is -0.683. The Balaban J connectivity index is 2.04. The van der Waals surface area contributed by atoms with E-state index >= 15 is 0 Å². The third-order valence-corrected chi connectivity index (χ3v) is 4.58. The molecule has 10 nitrogen and oxygen atoms in total. The number of ether oxygens (including phenoxy) is 2. The molecule has 1 N–H and O–H groups in total. The number of hydroxylamine groups is 2. The van der Waals surface area contributed by atoms with E-state index in [2.05, 4.69) is 5.32 Å². The Morgan fingerprint density at radius 2 is 2.03 bits per heavy atom. The maximum absolute atomic E-state index is 13.1. The van der Waals surface area contributed by atoms with Gasteiger partial charge in [0.2, 0.25) is 5.91 Å². The first-order valence-electron chi connectivity index (χ1n) is 9.95. The van der Waals surface area contributed by atoms with Gasteiger partial charge in [-0.05, 0) is 47.5 Å². The van der Waals surface area contributed by atoms with Crippen LogP contribution in [0.15, 0.2) is 0 Å². The Hall–Kier alpha value is -2.36. The van der Waals surface area contributed by atoms with Crippen molar-refractivity contribution >= 4 is 23.9 Å². The molecular formula is C19H31N3O7. The van der Waals surface area contributed by atoms with Crippen LogP contribution in [0.3, 0.4) is 0 Å². The average Bonchev–Trinajstić information content (AvgIpc) is 3.25. The summed E-state index contributed by atoms with van der Waals surface area (Å²) < 4.78 is 10.1. The lowest BCUT2D eigenvalue weighted by atomic mass is 10.1. The van der Waals surface area contributed by atoms with Crippen molar-refractivity contribution in [3.8, 4) is 0 Å². The van der Waals surface area contributed by atoms with E-state index in [-0.39, 0.29) is 37.4 Å². The molecule has 0 aliphatic carbocycles. The molecule has 10 heteroatoms. The van der Waals surface area contributed by atoms with E-state index in [1.807, 2.05) is 0 Å². The Kier molecular flexibility index (Phi) is 7.45. The fourth-order valence-electron chi connectivity index (χ4n) is 3.37. The van der Waals surface area contributed by atoms with Gasteiger partial charge in [-0.25, -0.2) is 9.86 Å². The summed E-state index contributed by atoms with van der Waals surface area (Å²) in [6, 6.07) is -2.08. The quantitative estimate of drug-likeness (QED) is 0.510. The van der Waals surface area contributed by atoms with Crippen molar-refractivity contribution in [2.45, 2.75) is 77.6 Å². The second-order valence-electron chi connectivity index (χ2n) is 8.18. The maximum Gasteiger partial charge on any atom is 0.408 e. The predicted molar refractivity (Wildman–Crippen MR) is 101 cm³/mol. The maximum atomic E-state index is 13.1. The SMILES string of the molecule is CCON(C(=O)C1CCCN1C(=O)C(C)NC(=O)OC(C)(C)C)C1COC(=O)C1. The zero-order valence-electron chi connectivity index (χ0n) is 17.7. The number of hydrogen-bond donors (Lipinski definition) is 1. The molecule has 0 bridgehead atoms. The highest BCUT2D eigenvalue weighted by Crippen LogP contribution is 2.24. The molecule has 0 aromatic rings. The highest BCUT2D eigenvalue weighted by molar-refractivity contribution is 5.91. The molecule has 3 unspecified atom stereocenters. The zero-order valence-corrected chi connectivity index (χ0v) is 17.7. The summed E-state index contributed by atoms with van der Waals surface area (Å²) in [5, 5.41) is 3.69. The number of nitrogens with zero attached hydrogens (tertiary/aromatic N) is 2. The molecule has 0 saturated carbocycles. The summed E-state index contributed by atoms with van der Waals surface area (Å²) in [5.74, 6) is -1.14. The largest absolute Gasteiger partial charge is 0.463 e. The average molecular weight is 413 g/mol. The standard InChI is InChI=1S/C19H31N3O7/c1-6-28-22(13-10-15(23)27-11-13)17(25)14-8-7-9-21(14)16(24)12(2)20-18(26)29-19(3,4)5/h12-14H,6-11H2,1-5H3,(H,20,26). The molecule has 3 atom stereocenters. The van der Waals surface area contributed by atoms with E-state index in [1.165, 1.54) is 9.96 Å². The van der Waals surface area contributed by atoms with Crippen LogP contribution in [0, 0.1) is 0 Å². The minimum absolute atomic E-state index is 0.0585. The molecule has 0 aromatic carbocycles. The molecule has 29 heavy (non-hydrogen) atoms. The molecule has 2 saturated heterocycles. The molecular weight excluding hydrogens is 382 g/mol. The van der Waals surface area contributed by atoms with Crippen LogP contribution in [0.4, 0.5) is 4.79 Å². The normalized spacial score (nSPS) is 22.8. The van der Waals surface area contributed by atoms with Gasteiger partial charge in [-0.3, -0.25) is 19.2 Å². The summed E-state index contributed by atoms with van der Waals surface area (Å²) >= 11 is 0. The Morgan fingerprint density at radius 1 is 1.34 bits per heavy atom. The Morgan fingerprint density at radius 3 is 2.59 bits per heavy atom. The zero-order chi connectivity index (χ0) is 21.8. The van der Waals surface area contributed by atoms with Gasteiger partial charge in [-0.15, -0.1) is 0 Å². The number of cyclic esters (lactones) is 1. The van der Waals surface area contributed by atoms with Gasteiger partial charge in [0.1, 0.15) is 30.3 Å². The lowest BCUT2D eigenvalue weighted by Crippen LogP contribution is -2.55. The van der Waals surface area contributed by atoms with Crippen LogP contribution in [0.5, 0.6) is 0 Å². The van der Waals surface area contributed by atoms with E-state index in [4.69, 9.17) is 14.3 Å². The lowest BCUT2D eigenvalue weighted by molar-refractivity contribution is -0.203. The van der Waals surface area contributed by atoms with E-state index < -0.39 is 29.8 Å².